The van der Waals surface area contributed by atoms with Crippen molar-refractivity contribution in [1.82, 2.24) is 14.5 Å². The molecular weight excluding hydrogens is 357 g/mol. The number of hydrogen-bond donors (Lipinski definition) is 1. The number of rotatable bonds is 3. The topological polar surface area (TPSA) is 69.7 Å². The van der Waals surface area contributed by atoms with E-state index in [0.717, 1.165) is 25.1 Å². The van der Waals surface area contributed by atoms with Gasteiger partial charge in [-0.15, -0.1) is 12.4 Å². The number of carbonyl (C=O) groups is 1. The molecule has 2 aliphatic rings. The molecule has 0 spiro atoms. The summed E-state index contributed by atoms with van der Waals surface area (Å²) in [7, 11) is -3.63. The molecule has 1 aromatic carbocycles. The van der Waals surface area contributed by atoms with Crippen molar-refractivity contribution in [3.63, 3.8) is 0 Å². The lowest BCUT2D eigenvalue weighted by Gasteiger charge is -2.35. The molecule has 1 aromatic rings. The highest BCUT2D eigenvalue weighted by Gasteiger charge is 2.33. The first-order valence-corrected chi connectivity index (χ1v) is 9.18. The summed E-state index contributed by atoms with van der Waals surface area (Å²) in [5, 5.41) is 3.17. The van der Waals surface area contributed by atoms with E-state index in [0.29, 0.717) is 19.6 Å². The van der Waals surface area contributed by atoms with Gasteiger partial charge in [0.15, 0.2) is 0 Å². The lowest BCUT2D eigenvalue weighted by molar-refractivity contribution is -0.136. The predicted octanol–water partition coefficient (Wildman–Crippen LogP) is 0.690. The molecule has 1 atom stereocenters. The van der Waals surface area contributed by atoms with E-state index < -0.39 is 15.8 Å². The molecule has 134 valence electrons. The third-order valence-electron chi connectivity index (χ3n) is 4.41. The van der Waals surface area contributed by atoms with Crippen LogP contribution in [0.25, 0.3) is 0 Å². The van der Waals surface area contributed by atoms with Crippen LogP contribution >= 0.6 is 12.4 Å². The summed E-state index contributed by atoms with van der Waals surface area (Å²) in [5.74, 6) is -0.353. The predicted molar refractivity (Wildman–Crippen MR) is 90.0 cm³/mol. The summed E-state index contributed by atoms with van der Waals surface area (Å²) in [6.45, 7) is 2.89. The Balaban J connectivity index is 0.00000208. The number of amides is 1. The van der Waals surface area contributed by atoms with Crippen molar-refractivity contribution in [2.75, 3.05) is 39.3 Å². The van der Waals surface area contributed by atoms with Gasteiger partial charge in [-0.05, 0) is 37.2 Å². The van der Waals surface area contributed by atoms with Gasteiger partial charge in [0.05, 0.1) is 10.8 Å². The molecule has 9 heteroatoms. The summed E-state index contributed by atoms with van der Waals surface area (Å²) in [6, 6.07) is 4.82. The van der Waals surface area contributed by atoms with Crippen molar-refractivity contribution in [1.29, 1.82) is 0 Å². The molecule has 1 amide bonds. The number of halogens is 2. The Morgan fingerprint density at radius 1 is 1.12 bits per heavy atom. The second-order valence-corrected chi connectivity index (χ2v) is 7.81. The zero-order valence-corrected chi connectivity index (χ0v) is 14.8. The van der Waals surface area contributed by atoms with Crippen LogP contribution in [0.15, 0.2) is 29.2 Å². The van der Waals surface area contributed by atoms with Crippen molar-refractivity contribution in [3.8, 4) is 0 Å². The fraction of sp³-hybridized carbons (Fsp3) is 0.533. The van der Waals surface area contributed by atoms with Gasteiger partial charge in [0.1, 0.15) is 5.82 Å². The highest BCUT2D eigenvalue weighted by molar-refractivity contribution is 7.89. The molecule has 0 aromatic heterocycles. The lowest BCUT2D eigenvalue weighted by atomic mass is 10.1. The summed E-state index contributed by atoms with van der Waals surface area (Å²) < 4.78 is 39.3. The minimum Gasteiger partial charge on any atom is -0.340 e. The van der Waals surface area contributed by atoms with Gasteiger partial charge in [0.2, 0.25) is 15.9 Å². The zero-order valence-electron chi connectivity index (χ0n) is 13.2. The summed E-state index contributed by atoms with van der Waals surface area (Å²) in [5.41, 5.74) is 0. The van der Waals surface area contributed by atoms with Crippen LogP contribution in [0.4, 0.5) is 4.39 Å². The molecule has 0 aliphatic carbocycles. The van der Waals surface area contributed by atoms with Gasteiger partial charge in [-0.3, -0.25) is 4.79 Å². The molecule has 0 saturated carbocycles. The zero-order chi connectivity index (χ0) is 16.4. The van der Waals surface area contributed by atoms with Crippen LogP contribution in [0.2, 0.25) is 0 Å². The van der Waals surface area contributed by atoms with Gasteiger partial charge >= 0.3 is 0 Å². The van der Waals surface area contributed by atoms with E-state index in [4.69, 9.17) is 0 Å². The first-order valence-electron chi connectivity index (χ1n) is 7.74. The highest BCUT2D eigenvalue weighted by atomic mass is 35.5. The van der Waals surface area contributed by atoms with E-state index in [9.17, 15) is 17.6 Å². The smallest absolute Gasteiger partial charge is 0.243 e. The summed E-state index contributed by atoms with van der Waals surface area (Å²) >= 11 is 0. The molecule has 24 heavy (non-hydrogen) atoms. The number of nitrogens with one attached hydrogen (secondary N) is 1. The Kier molecular flexibility index (Phi) is 6.19. The average molecular weight is 378 g/mol. The second-order valence-electron chi connectivity index (χ2n) is 5.87. The van der Waals surface area contributed by atoms with Gasteiger partial charge in [-0.2, -0.15) is 4.31 Å². The monoisotopic (exact) mass is 377 g/mol. The Labute approximate surface area is 147 Å². The van der Waals surface area contributed by atoms with Gasteiger partial charge in [0.25, 0.3) is 0 Å². The number of nitrogens with zero attached hydrogens (tertiary/aromatic N) is 2. The average Bonchev–Trinajstić information content (AvgIpc) is 3.09. The third-order valence-corrected chi connectivity index (χ3v) is 6.32. The SMILES string of the molecule is Cl.O=C(C1CCNC1)N1CCN(S(=O)(=O)c2ccc(F)cc2)CC1. The standard InChI is InChI=1S/C15H20FN3O3S.ClH/c16-13-1-3-14(4-2-13)23(21,22)19-9-7-18(8-10-19)15(20)12-5-6-17-11-12;/h1-4,12,17H,5-11H2;1H. The quantitative estimate of drug-likeness (QED) is 0.841. The van der Waals surface area contributed by atoms with E-state index in [1.165, 1.54) is 16.4 Å². The number of benzene rings is 1. The Morgan fingerprint density at radius 3 is 2.29 bits per heavy atom. The Hall–Kier alpha value is -1.22. The molecule has 2 heterocycles. The van der Waals surface area contributed by atoms with E-state index in [-0.39, 0.29) is 42.2 Å². The van der Waals surface area contributed by atoms with Crippen molar-refractivity contribution < 1.29 is 17.6 Å². The summed E-state index contributed by atoms with van der Waals surface area (Å²) in [4.78, 5) is 14.2. The second kappa shape index (κ2) is 7.77. The maximum Gasteiger partial charge on any atom is 0.243 e. The Morgan fingerprint density at radius 2 is 1.75 bits per heavy atom. The normalized spacial score (nSPS) is 22.2. The van der Waals surface area contributed by atoms with Crippen LogP contribution in [0, 0.1) is 11.7 Å². The number of hydrogen-bond acceptors (Lipinski definition) is 4. The van der Waals surface area contributed by atoms with Gasteiger partial charge in [-0.1, -0.05) is 0 Å². The van der Waals surface area contributed by atoms with Crippen LogP contribution in [-0.4, -0.2) is 62.8 Å². The van der Waals surface area contributed by atoms with E-state index in [1.54, 1.807) is 4.90 Å². The van der Waals surface area contributed by atoms with Crippen molar-refractivity contribution >= 4 is 28.3 Å². The summed E-state index contributed by atoms with van der Waals surface area (Å²) in [6.07, 6.45) is 0.840. The van der Waals surface area contributed by atoms with Crippen LogP contribution in [-0.2, 0) is 14.8 Å². The molecule has 2 fully saturated rings. The number of piperazine rings is 1. The van der Waals surface area contributed by atoms with Crippen LogP contribution in [0.5, 0.6) is 0 Å². The van der Waals surface area contributed by atoms with Gasteiger partial charge in [0, 0.05) is 32.7 Å². The number of carbonyl (C=O) groups excluding carboxylic acids is 1. The van der Waals surface area contributed by atoms with Crippen molar-refractivity contribution in [3.05, 3.63) is 30.1 Å². The van der Waals surface area contributed by atoms with Crippen LogP contribution in [0.3, 0.4) is 0 Å². The highest BCUT2D eigenvalue weighted by Crippen LogP contribution is 2.19. The minimum absolute atomic E-state index is 0. The minimum atomic E-state index is -3.63. The molecule has 0 radical (unpaired) electrons. The van der Waals surface area contributed by atoms with E-state index in [1.807, 2.05) is 0 Å². The van der Waals surface area contributed by atoms with Crippen LogP contribution in [0.1, 0.15) is 6.42 Å². The fourth-order valence-electron chi connectivity index (χ4n) is 3.03. The largest absolute Gasteiger partial charge is 0.340 e. The fourth-order valence-corrected chi connectivity index (χ4v) is 4.45. The first kappa shape index (κ1) is 19.1. The maximum absolute atomic E-state index is 12.9. The van der Waals surface area contributed by atoms with Crippen molar-refractivity contribution in [2.45, 2.75) is 11.3 Å². The molecule has 1 N–H and O–H groups in total. The molecular formula is C15H21ClFN3O3S. The lowest BCUT2D eigenvalue weighted by Crippen LogP contribution is -2.52. The molecule has 3 rings (SSSR count). The van der Waals surface area contributed by atoms with E-state index >= 15 is 0 Å². The molecule has 2 aliphatic heterocycles. The van der Waals surface area contributed by atoms with Gasteiger partial charge in [-0.25, -0.2) is 12.8 Å². The third kappa shape index (κ3) is 3.88. The number of sulfonamides is 1. The maximum atomic E-state index is 12.9. The first-order chi connectivity index (χ1) is 11.0. The molecule has 0 bridgehead atoms. The molecule has 2 saturated heterocycles. The molecule has 6 nitrogen and oxygen atoms in total. The van der Waals surface area contributed by atoms with Crippen LogP contribution < -0.4 is 5.32 Å². The molecule has 1 unspecified atom stereocenters. The van der Waals surface area contributed by atoms with Crippen molar-refractivity contribution in [2.24, 2.45) is 5.92 Å². The Bertz CT molecular complexity index is 670. The van der Waals surface area contributed by atoms with E-state index in [2.05, 4.69) is 5.32 Å². The van der Waals surface area contributed by atoms with Gasteiger partial charge < -0.3 is 10.2 Å².